The van der Waals surface area contributed by atoms with Crippen LogP contribution < -0.4 is 10.9 Å². The van der Waals surface area contributed by atoms with Crippen LogP contribution in [-0.2, 0) is 4.74 Å². The first-order chi connectivity index (χ1) is 12.4. The molecule has 2 aromatic rings. The molecule has 1 aromatic heterocycles. The van der Waals surface area contributed by atoms with Crippen LogP contribution in [0.3, 0.4) is 0 Å². The molecule has 0 saturated heterocycles. The Morgan fingerprint density at radius 1 is 1.27 bits per heavy atom. The molecule has 0 bridgehead atoms. The third-order valence-electron chi connectivity index (χ3n) is 3.49. The SMILES string of the molecule is COCCNC(=O)c1ccc(/C=C/C(=O)c2c(O)cc(C)oc2=O)cc1. The Hall–Kier alpha value is -3.19. The quantitative estimate of drug-likeness (QED) is 0.446. The molecular weight excluding hydrogens is 338 g/mol. The molecule has 7 heteroatoms. The number of nitrogens with one attached hydrogen (secondary N) is 1. The molecule has 0 radical (unpaired) electrons. The van der Waals surface area contributed by atoms with E-state index in [0.29, 0.717) is 24.3 Å². The molecule has 7 nitrogen and oxygen atoms in total. The fourth-order valence-corrected chi connectivity index (χ4v) is 2.19. The molecule has 0 saturated carbocycles. The lowest BCUT2D eigenvalue weighted by molar-refractivity contribution is 0.0936. The van der Waals surface area contributed by atoms with Crippen molar-refractivity contribution in [1.82, 2.24) is 5.32 Å². The van der Waals surface area contributed by atoms with Crippen LogP contribution in [0.5, 0.6) is 5.75 Å². The summed E-state index contributed by atoms with van der Waals surface area (Å²) in [6.45, 7) is 2.33. The van der Waals surface area contributed by atoms with Gasteiger partial charge in [0.25, 0.3) is 5.91 Å². The van der Waals surface area contributed by atoms with Crippen LogP contribution in [0.25, 0.3) is 6.08 Å². The Bertz CT molecular complexity index is 880. The van der Waals surface area contributed by atoms with Gasteiger partial charge >= 0.3 is 5.63 Å². The minimum atomic E-state index is -0.889. The molecule has 0 fully saturated rings. The fourth-order valence-electron chi connectivity index (χ4n) is 2.19. The monoisotopic (exact) mass is 357 g/mol. The van der Waals surface area contributed by atoms with Crippen molar-refractivity contribution in [3.63, 3.8) is 0 Å². The number of rotatable bonds is 7. The van der Waals surface area contributed by atoms with Gasteiger partial charge in [-0.3, -0.25) is 9.59 Å². The highest BCUT2D eigenvalue weighted by Crippen LogP contribution is 2.16. The predicted octanol–water partition coefficient (Wildman–Crippen LogP) is 1.93. The summed E-state index contributed by atoms with van der Waals surface area (Å²) >= 11 is 0. The molecule has 26 heavy (non-hydrogen) atoms. The van der Waals surface area contributed by atoms with E-state index in [0.717, 1.165) is 6.08 Å². The number of amides is 1. The lowest BCUT2D eigenvalue weighted by Crippen LogP contribution is -2.26. The Kier molecular flexibility index (Phi) is 6.46. The van der Waals surface area contributed by atoms with Gasteiger partial charge in [0.15, 0.2) is 5.78 Å². The first-order valence-electron chi connectivity index (χ1n) is 7.85. The zero-order valence-electron chi connectivity index (χ0n) is 14.4. The molecule has 0 unspecified atom stereocenters. The van der Waals surface area contributed by atoms with Gasteiger partial charge in [-0.2, -0.15) is 0 Å². The maximum Gasteiger partial charge on any atom is 0.351 e. The van der Waals surface area contributed by atoms with Crippen molar-refractivity contribution in [3.8, 4) is 5.75 Å². The molecule has 136 valence electrons. The van der Waals surface area contributed by atoms with Gasteiger partial charge in [-0.25, -0.2) is 4.79 Å². The third-order valence-corrected chi connectivity index (χ3v) is 3.49. The summed E-state index contributed by atoms with van der Waals surface area (Å²) in [6, 6.07) is 7.76. The fraction of sp³-hybridized carbons (Fsp3) is 0.211. The second kappa shape index (κ2) is 8.77. The Morgan fingerprint density at radius 2 is 1.96 bits per heavy atom. The summed E-state index contributed by atoms with van der Waals surface area (Å²) in [6.07, 6.45) is 2.64. The summed E-state index contributed by atoms with van der Waals surface area (Å²) in [5.74, 6) is -1.10. The predicted molar refractivity (Wildman–Crippen MR) is 95.4 cm³/mol. The van der Waals surface area contributed by atoms with E-state index < -0.39 is 22.7 Å². The number of hydrogen-bond acceptors (Lipinski definition) is 6. The minimum absolute atomic E-state index is 0.215. The first kappa shape index (κ1) is 19.1. The van der Waals surface area contributed by atoms with Crippen molar-refractivity contribution in [1.29, 1.82) is 0 Å². The van der Waals surface area contributed by atoms with E-state index in [4.69, 9.17) is 9.15 Å². The van der Waals surface area contributed by atoms with Crippen LogP contribution in [0.15, 0.2) is 45.6 Å². The summed E-state index contributed by atoms with van der Waals surface area (Å²) in [5.41, 5.74) is -0.176. The average Bonchev–Trinajstić information content (AvgIpc) is 2.59. The molecule has 0 atom stereocenters. The summed E-state index contributed by atoms with van der Waals surface area (Å²) < 4.78 is 9.68. The minimum Gasteiger partial charge on any atom is -0.507 e. The van der Waals surface area contributed by atoms with Gasteiger partial charge in [-0.05, 0) is 30.7 Å². The van der Waals surface area contributed by atoms with Gasteiger partial charge in [0.1, 0.15) is 17.1 Å². The molecule has 0 aliphatic heterocycles. The zero-order valence-corrected chi connectivity index (χ0v) is 14.4. The maximum absolute atomic E-state index is 12.1. The van der Waals surface area contributed by atoms with E-state index in [9.17, 15) is 19.5 Å². The molecule has 1 heterocycles. The van der Waals surface area contributed by atoms with Gasteiger partial charge < -0.3 is 19.6 Å². The number of hydrogen-bond donors (Lipinski definition) is 2. The summed E-state index contributed by atoms with van der Waals surface area (Å²) in [5, 5.41) is 12.5. The van der Waals surface area contributed by atoms with Gasteiger partial charge in [-0.15, -0.1) is 0 Å². The molecule has 0 spiro atoms. The number of carbonyl (C=O) groups is 2. The first-order valence-corrected chi connectivity index (χ1v) is 7.85. The largest absolute Gasteiger partial charge is 0.507 e. The number of aryl methyl sites for hydroxylation is 1. The number of benzene rings is 1. The Morgan fingerprint density at radius 3 is 2.58 bits per heavy atom. The van der Waals surface area contributed by atoms with E-state index in [1.807, 2.05) is 0 Å². The highest BCUT2D eigenvalue weighted by Gasteiger charge is 2.15. The van der Waals surface area contributed by atoms with Gasteiger partial charge in [0.2, 0.25) is 0 Å². The van der Waals surface area contributed by atoms with Crippen molar-refractivity contribution in [2.75, 3.05) is 20.3 Å². The number of ether oxygens (including phenoxy) is 1. The number of allylic oxidation sites excluding steroid dienone is 1. The molecular formula is C19H19NO6. The van der Waals surface area contributed by atoms with E-state index >= 15 is 0 Å². The lowest BCUT2D eigenvalue weighted by Gasteiger charge is -2.04. The Labute approximate surface area is 149 Å². The molecule has 1 amide bonds. The van der Waals surface area contributed by atoms with Crippen molar-refractivity contribution in [3.05, 3.63) is 69.3 Å². The number of carbonyl (C=O) groups excluding carboxylic acids is 2. The molecule has 0 aliphatic carbocycles. The van der Waals surface area contributed by atoms with Crippen molar-refractivity contribution in [2.45, 2.75) is 6.92 Å². The van der Waals surface area contributed by atoms with Gasteiger partial charge in [0, 0.05) is 25.3 Å². The van der Waals surface area contributed by atoms with Crippen LogP contribution in [0, 0.1) is 6.92 Å². The topological polar surface area (TPSA) is 106 Å². The molecule has 1 aromatic carbocycles. The average molecular weight is 357 g/mol. The van der Waals surface area contributed by atoms with Gasteiger partial charge in [0.05, 0.1) is 6.61 Å². The number of methoxy groups -OCH3 is 1. The van der Waals surface area contributed by atoms with E-state index in [2.05, 4.69) is 5.32 Å². The van der Waals surface area contributed by atoms with E-state index in [1.165, 1.54) is 19.1 Å². The molecule has 0 aliphatic rings. The third kappa shape index (κ3) is 4.90. The molecule has 2 N–H and O–H groups in total. The highest BCUT2D eigenvalue weighted by atomic mass is 16.5. The van der Waals surface area contributed by atoms with Crippen LogP contribution in [-0.4, -0.2) is 37.1 Å². The smallest absolute Gasteiger partial charge is 0.351 e. The van der Waals surface area contributed by atoms with E-state index in [-0.39, 0.29) is 11.7 Å². The van der Waals surface area contributed by atoms with Crippen LogP contribution in [0.2, 0.25) is 0 Å². The summed E-state index contributed by atoms with van der Waals surface area (Å²) in [7, 11) is 1.55. The lowest BCUT2D eigenvalue weighted by atomic mass is 10.1. The van der Waals surface area contributed by atoms with Crippen molar-refractivity contribution >= 4 is 17.8 Å². The van der Waals surface area contributed by atoms with Crippen LogP contribution >= 0.6 is 0 Å². The number of aromatic hydroxyl groups is 1. The maximum atomic E-state index is 12.1. The second-order valence-electron chi connectivity index (χ2n) is 5.47. The standard InChI is InChI=1S/C19H19NO6/c1-12-11-16(22)17(19(24)26-12)15(21)8-5-13-3-6-14(7-4-13)18(23)20-9-10-25-2/h3-8,11,22H,9-10H2,1-2H3,(H,20,23)/b8-5+. The van der Waals surface area contributed by atoms with Crippen LogP contribution in [0.4, 0.5) is 0 Å². The highest BCUT2D eigenvalue weighted by molar-refractivity contribution is 6.08. The second-order valence-corrected chi connectivity index (χ2v) is 5.47. The van der Waals surface area contributed by atoms with Crippen molar-refractivity contribution in [2.24, 2.45) is 0 Å². The number of ketones is 1. The Balaban J connectivity index is 2.08. The van der Waals surface area contributed by atoms with Gasteiger partial charge in [-0.1, -0.05) is 18.2 Å². The molecule has 2 rings (SSSR count). The zero-order chi connectivity index (χ0) is 19.1. The van der Waals surface area contributed by atoms with Crippen LogP contribution in [0.1, 0.15) is 32.0 Å². The van der Waals surface area contributed by atoms with Crippen molar-refractivity contribution < 1.29 is 23.8 Å². The van der Waals surface area contributed by atoms with E-state index in [1.54, 1.807) is 31.4 Å². The summed E-state index contributed by atoms with van der Waals surface area (Å²) in [4.78, 5) is 35.7. The normalized spacial score (nSPS) is 10.8.